The van der Waals surface area contributed by atoms with Crippen molar-refractivity contribution >= 4 is 5.91 Å². The highest BCUT2D eigenvalue weighted by molar-refractivity contribution is 5.82. The van der Waals surface area contributed by atoms with E-state index in [9.17, 15) is 4.79 Å². The molecular formula is C13H26N2O. The van der Waals surface area contributed by atoms with Crippen LogP contribution < -0.4 is 11.1 Å². The summed E-state index contributed by atoms with van der Waals surface area (Å²) in [4.78, 5) is 11.9. The molecule has 0 bridgehead atoms. The molecule has 0 radical (unpaired) electrons. The van der Waals surface area contributed by atoms with E-state index in [1.54, 1.807) is 0 Å². The molecule has 3 nitrogen and oxygen atoms in total. The Morgan fingerprint density at radius 3 is 2.44 bits per heavy atom. The van der Waals surface area contributed by atoms with E-state index in [0.29, 0.717) is 6.04 Å². The van der Waals surface area contributed by atoms with Crippen molar-refractivity contribution in [3.8, 4) is 0 Å². The topological polar surface area (TPSA) is 55.1 Å². The van der Waals surface area contributed by atoms with Gasteiger partial charge >= 0.3 is 0 Å². The summed E-state index contributed by atoms with van der Waals surface area (Å²) in [5.74, 6) is 1.14. The van der Waals surface area contributed by atoms with E-state index in [0.717, 1.165) is 25.2 Å². The first kappa shape index (κ1) is 13.5. The SMILES string of the molecule is CCC(CC1CC1)NC(=O)C(N)C(C)CC. The predicted molar refractivity (Wildman–Crippen MR) is 67.0 cm³/mol. The molecule has 94 valence electrons. The minimum Gasteiger partial charge on any atom is -0.352 e. The quantitative estimate of drug-likeness (QED) is 0.698. The summed E-state index contributed by atoms with van der Waals surface area (Å²) in [5.41, 5.74) is 5.91. The van der Waals surface area contributed by atoms with Crippen LogP contribution in [0.1, 0.15) is 52.9 Å². The highest BCUT2D eigenvalue weighted by Gasteiger charge is 2.27. The van der Waals surface area contributed by atoms with E-state index >= 15 is 0 Å². The van der Waals surface area contributed by atoms with Crippen LogP contribution in [0.4, 0.5) is 0 Å². The molecule has 1 aliphatic rings. The van der Waals surface area contributed by atoms with Crippen molar-refractivity contribution < 1.29 is 4.79 Å². The molecular weight excluding hydrogens is 200 g/mol. The summed E-state index contributed by atoms with van der Waals surface area (Å²) >= 11 is 0. The Bertz CT molecular complexity index is 226. The monoisotopic (exact) mass is 226 g/mol. The number of amides is 1. The summed E-state index contributed by atoms with van der Waals surface area (Å²) in [7, 11) is 0. The second-order valence-corrected chi connectivity index (χ2v) is 5.20. The molecule has 1 saturated carbocycles. The van der Waals surface area contributed by atoms with Crippen molar-refractivity contribution in [2.45, 2.75) is 65.0 Å². The molecule has 0 spiro atoms. The molecule has 0 aromatic carbocycles. The third kappa shape index (κ3) is 4.12. The second-order valence-electron chi connectivity index (χ2n) is 5.20. The molecule has 0 heterocycles. The van der Waals surface area contributed by atoms with Gasteiger partial charge in [-0.05, 0) is 24.7 Å². The zero-order valence-corrected chi connectivity index (χ0v) is 10.8. The predicted octanol–water partition coefficient (Wildman–Crippen LogP) is 2.05. The average Bonchev–Trinajstić information content (AvgIpc) is 3.09. The molecule has 0 aromatic rings. The van der Waals surface area contributed by atoms with Gasteiger partial charge in [0, 0.05) is 6.04 Å². The highest BCUT2D eigenvalue weighted by Crippen LogP contribution is 2.34. The maximum Gasteiger partial charge on any atom is 0.237 e. The molecule has 0 aromatic heterocycles. The Morgan fingerprint density at radius 1 is 1.38 bits per heavy atom. The van der Waals surface area contributed by atoms with Gasteiger partial charge in [0.2, 0.25) is 5.91 Å². The Balaban J connectivity index is 2.34. The van der Waals surface area contributed by atoms with Gasteiger partial charge in [-0.3, -0.25) is 4.79 Å². The number of hydrogen-bond donors (Lipinski definition) is 2. The van der Waals surface area contributed by atoms with Gasteiger partial charge in [-0.1, -0.05) is 40.0 Å². The first-order valence-corrected chi connectivity index (χ1v) is 6.64. The zero-order chi connectivity index (χ0) is 12.1. The average molecular weight is 226 g/mol. The maximum absolute atomic E-state index is 11.9. The fourth-order valence-electron chi connectivity index (χ4n) is 1.89. The molecule has 3 atom stereocenters. The van der Waals surface area contributed by atoms with Gasteiger partial charge in [-0.15, -0.1) is 0 Å². The normalized spacial score (nSPS) is 21.2. The second kappa shape index (κ2) is 6.24. The summed E-state index contributed by atoms with van der Waals surface area (Å²) < 4.78 is 0. The van der Waals surface area contributed by atoms with E-state index in [1.165, 1.54) is 12.8 Å². The van der Waals surface area contributed by atoms with Crippen LogP contribution in [0.2, 0.25) is 0 Å². The van der Waals surface area contributed by atoms with Crippen LogP contribution in [0.3, 0.4) is 0 Å². The van der Waals surface area contributed by atoms with Crippen LogP contribution in [0.15, 0.2) is 0 Å². The molecule has 3 unspecified atom stereocenters. The van der Waals surface area contributed by atoms with Gasteiger partial charge in [0.25, 0.3) is 0 Å². The van der Waals surface area contributed by atoms with Gasteiger partial charge in [0.05, 0.1) is 6.04 Å². The molecule has 1 rings (SSSR count). The van der Waals surface area contributed by atoms with Crippen molar-refractivity contribution in [3.05, 3.63) is 0 Å². The maximum atomic E-state index is 11.9. The third-order valence-electron chi connectivity index (χ3n) is 3.71. The summed E-state index contributed by atoms with van der Waals surface area (Å²) in [6.45, 7) is 6.23. The van der Waals surface area contributed by atoms with Crippen LogP contribution in [-0.2, 0) is 4.79 Å². The van der Waals surface area contributed by atoms with E-state index in [-0.39, 0.29) is 17.9 Å². The lowest BCUT2D eigenvalue weighted by atomic mass is 9.98. The van der Waals surface area contributed by atoms with Crippen LogP contribution in [0.5, 0.6) is 0 Å². The molecule has 1 aliphatic carbocycles. The number of carbonyl (C=O) groups excluding carboxylic acids is 1. The minimum absolute atomic E-state index is 0.0295. The van der Waals surface area contributed by atoms with Crippen molar-refractivity contribution in [2.24, 2.45) is 17.6 Å². The van der Waals surface area contributed by atoms with Gasteiger partial charge in [-0.25, -0.2) is 0 Å². The number of rotatable bonds is 7. The third-order valence-corrected chi connectivity index (χ3v) is 3.71. The van der Waals surface area contributed by atoms with Crippen molar-refractivity contribution in [1.82, 2.24) is 5.32 Å². The Labute approximate surface area is 99.2 Å². The van der Waals surface area contributed by atoms with E-state index in [2.05, 4.69) is 19.2 Å². The standard InChI is InChI=1S/C13H26N2O/c1-4-9(3)12(14)13(16)15-11(5-2)8-10-6-7-10/h9-12H,4-8,14H2,1-3H3,(H,15,16). The lowest BCUT2D eigenvalue weighted by Crippen LogP contribution is -2.48. The molecule has 3 heteroatoms. The summed E-state index contributed by atoms with van der Waals surface area (Å²) in [6.07, 6.45) is 5.77. The highest BCUT2D eigenvalue weighted by atomic mass is 16.2. The molecule has 1 amide bonds. The summed E-state index contributed by atoms with van der Waals surface area (Å²) in [5, 5.41) is 3.09. The number of nitrogens with two attached hydrogens (primary N) is 1. The largest absolute Gasteiger partial charge is 0.352 e. The van der Waals surface area contributed by atoms with Crippen molar-refractivity contribution in [3.63, 3.8) is 0 Å². The summed E-state index contributed by atoms with van der Waals surface area (Å²) in [6, 6.07) is -0.0200. The lowest BCUT2D eigenvalue weighted by molar-refractivity contribution is -0.124. The van der Waals surface area contributed by atoms with Gasteiger partial charge in [0.15, 0.2) is 0 Å². The fourth-order valence-corrected chi connectivity index (χ4v) is 1.89. The van der Waals surface area contributed by atoms with Crippen LogP contribution in [-0.4, -0.2) is 18.0 Å². The zero-order valence-electron chi connectivity index (χ0n) is 10.8. The number of carbonyl (C=O) groups is 1. The van der Waals surface area contributed by atoms with Gasteiger partial charge in [0.1, 0.15) is 0 Å². The van der Waals surface area contributed by atoms with E-state index < -0.39 is 0 Å². The van der Waals surface area contributed by atoms with Crippen molar-refractivity contribution in [2.75, 3.05) is 0 Å². The van der Waals surface area contributed by atoms with Crippen LogP contribution in [0, 0.1) is 11.8 Å². The number of nitrogens with one attached hydrogen (secondary N) is 1. The first-order valence-electron chi connectivity index (χ1n) is 6.64. The Morgan fingerprint density at radius 2 is 2.00 bits per heavy atom. The first-order chi connectivity index (χ1) is 7.58. The lowest BCUT2D eigenvalue weighted by Gasteiger charge is -2.22. The molecule has 16 heavy (non-hydrogen) atoms. The van der Waals surface area contributed by atoms with Crippen molar-refractivity contribution in [1.29, 1.82) is 0 Å². The van der Waals surface area contributed by atoms with E-state index in [4.69, 9.17) is 5.73 Å². The van der Waals surface area contributed by atoms with Crippen LogP contribution >= 0.6 is 0 Å². The molecule has 1 fully saturated rings. The van der Waals surface area contributed by atoms with Gasteiger partial charge < -0.3 is 11.1 Å². The fraction of sp³-hybridized carbons (Fsp3) is 0.923. The van der Waals surface area contributed by atoms with Gasteiger partial charge in [-0.2, -0.15) is 0 Å². The smallest absolute Gasteiger partial charge is 0.237 e. The van der Waals surface area contributed by atoms with E-state index in [1.807, 2.05) is 6.92 Å². The molecule has 3 N–H and O–H groups in total. The minimum atomic E-state index is -0.349. The van der Waals surface area contributed by atoms with Crippen LogP contribution in [0.25, 0.3) is 0 Å². The number of hydrogen-bond acceptors (Lipinski definition) is 2. The Kier molecular flexibility index (Phi) is 5.26. The Hall–Kier alpha value is -0.570. The molecule has 0 aliphatic heterocycles. The molecule has 0 saturated heterocycles.